The second-order valence-corrected chi connectivity index (χ2v) is 5.80. The maximum absolute atomic E-state index is 5.15. The highest BCUT2D eigenvalue weighted by Crippen LogP contribution is 2.33. The van der Waals surface area contributed by atoms with Crippen LogP contribution in [0.2, 0.25) is 0 Å². The van der Waals surface area contributed by atoms with Crippen molar-refractivity contribution in [2.75, 3.05) is 7.11 Å². The third-order valence-electron chi connectivity index (χ3n) is 3.57. The maximum atomic E-state index is 5.15. The van der Waals surface area contributed by atoms with Crippen molar-refractivity contribution in [3.8, 4) is 5.88 Å². The predicted octanol–water partition coefficient (Wildman–Crippen LogP) is 3.32. The molecule has 3 rings (SSSR count). The summed E-state index contributed by atoms with van der Waals surface area (Å²) in [6, 6.07) is 8.63. The molecule has 2 heterocycles. The molecule has 1 N–H and O–H groups in total. The molecule has 0 amide bonds. The monoisotopic (exact) mass is 274 g/mol. The van der Waals surface area contributed by atoms with Crippen LogP contribution >= 0.6 is 11.3 Å². The summed E-state index contributed by atoms with van der Waals surface area (Å²) in [6.07, 6.45) is 3.73. The molecule has 1 atom stereocenters. The number of nitrogens with one attached hydrogen (secondary N) is 1. The Labute approximate surface area is 117 Å². The topological polar surface area (TPSA) is 34.1 Å². The van der Waals surface area contributed by atoms with E-state index in [4.69, 9.17) is 4.74 Å². The fourth-order valence-corrected chi connectivity index (χ4v) is 3.58. The van der Waals surface area contributed by atoms with E-state index in [1.807, 2.05) is 29.5 Å². The van der Waals surface area contributed by atoms with Crippen molar-refractivity contribution in [2.45, 2.75) is 31.8 Å². The van der Waals surface area contributed by atoms with Gasteiger partial charge in [0.25, 0.3) is 0 Å². The van der Waals surface area contributed by atoms with Gasteiger partial charge in [0.1, 0.15) is 0 Å². The van der Waals surface area contributed by atoms with Crippen LogP contribution in [0.1, 0.15) is 35.0 Å². The standard InChI is InChI=1S/C15H18N2OS/c1-18-15-7-2-4-11(17-15)10-16-13-5-3-6-14-12(13)8-9-19-14/h2,4,7-9,13,16H,3,5-6,10H2,1H3. The number of rotatable bonds is 4. The summed E-state index contributed by atoms with van der Waals surface area (Å²) in [5.74, 6) is 0.680. The fourth-order valence-electron chi connectivity index (χ4n) is 2.60. The van der Waals surface area contributed by atoms with Crippen LogP contribution in [0.5, 0.6) is 5.88 Å². The lowest BCUT2D eigenvalue weighted by atomic mass is 9.94. The van der Waals surface area contributed by atoms with Gasteiger partial charge in [-0.2, -0.15) is 0 Å². The highest BCUT2D eigenvalue weighted by atomic mass is 32.1. The lowest BCUT2D eigenvalue weighted by Gasteiger charge is -2.23. The molecular weight excluding hydrogens is 256 g/mol. The number of fused-ring (bicyclic) bond motifs is 1. The first-order valence-electron chi connectivity index (χ1n) is 6.66. The van der Waals surface area contributed by atoms with Gasteiger partial charge in [-0.15, -0.1) is 11.3 Å². The first-order chi connectivity index (χ1) is 9.36. The molecular formula is C15H18N2OS. The molecule has 2 aromatic rings. The molecule has 1 aliphatic rings. The van der Waals surface area contributed by atoms with Crippen molar-refractivity contribution in [3.05, 3.63) is 45.8 Å². The first kappa shape index (κ1) is 12.6. The Kier molecular flexibility index (Phi) is 3.80. The lowest BCUT2D eigenvalue weighted by Crippen LogP contribution is -2.24. The molecule has 0 radical (unpaired) electrons. The van der Waals surface area contributed by atoms with Gasteiger partial charge >= 0.3 is 0 Å². The molecule has 0 saturated heterocycles. The Bertz CT molecular complexity index is 553. The quantitative estimate of drug-likeness (QED) is 0.928. The smallest absolute Gasteiger partial charge is 0.213 e. The number of pyridine rings is 1. The van der Waals surface area contributed by atoms with Crippen molar-refractivity contribution < 1.29 is 4.74 Å². The van der Waals surface area contributed by atoms with Crippen molar-refractivity contribution in [3.63, 3.8) is 0 Å². The molecule has 1 aliphatic carbocycles. The Morgan fingerprint density at radius 2 is 2.37 bits per heavy atom. The molecule has 0 fully saturated rings. The van der Waals surface area contributed by atoms with Gasteiger partial charge in [-0.3, -0.25) is 0 Å². The lowest BCUT2D eigenvalue weighted by molar-refractivity contribution is 0.394. The Hall–Kier alpha value is -1.39. The minimum Gasteiger partial charge on any atom is -0.481 e. The summed E-state index contributed by atoms with van der Waals surface area (Å²) < 4.78 is 5.15. The zero-order chi connectivity index (χ0) is 13.1. The summed E-state index contributed by atoms with van der Waals surface area (Å²) in [5.41, 5.74) is 2.51. The van der Waals surface area contributed by atoms with Gasteiger partial charge in [-0.05, 0) is 42.3 Å². The van der Waals surface area contributed by atoms with E-state index in [2.05, 4.69) is 21.7 Å². The van der Waals surface area contributed by atoms with Gasteiger partial charge in [-0.1, -0.05) is 6.07 Å². The van der Waals surface area contributed by atoms with E-state index in [0.717, 1.165) is 12.2 Å². The summed E-state index contributed by atoms with van der Waals surface area (Å²) >= 11 is 1.88. The van der Waals surface area contributed by atoms with Crippen LogP contribution < -0.4 is 10.1 Å². The van der Waals surface area contributed by atoms with Crippen molar-refractivity contribution in [1.82, 2.24) is 10.3 Å². The summed E-state index contributed by atoms with van der Waals surface area (Å²) in [4.78, 5) is 5.98. The van der Waals surface area contributed by atoms with Gasteiger partial charge in [0.2, 0.25) is 5.88 Å². The minimum atomic E-state index is 0.475. The Morgan fingerprint density at radius 1 is 1.42 bits per heavy atom. The van der Waals surface area contributed by atoms with Crippen LogP contribution in [0, 0.1) is 0 Å². The molecule has 3 nitrogen and oxygen atoms in total. The van der Waals surface area contributed by atoms with Crippen LogP contribution in [0.3, 0.4) is 0 Å². The van der Waals surface area contributed by atoms with E-state index in [1.165, 1.54) is 24.8 Å². The molecule has 0 aromatic carbocycles. The molecule has 0 aliphatic heterocycles. The van der Waals surface area contributed by atoms with Crippen LogP contribution in [0.4, 0.5) is 0 Å². The molecule has 0 spiro atoms. The van der Waals surface area contributed by atoms with E-state index in [-0.39, 0.29) is 0 Å². The summed E-state index contributed by atoms with van der Waals surface area (Å²) in [6.45, 7) is 0.789. The highest BCUT2D eigenvalue weighted by molar-refractivity contribution is 7.10. The van der Waals surface area contributed by atoms with Crippen LogP contribution in [0.15, 0.2) is 29.6 Å². The van der Waals surface area contributed by atoms with Crippen LogP contribution in [-0.4, -0.2) is 12.1 Å². The van der Waals surface area contributed by atoms with E-state index in [0.29, 0.717) is 11.9 Å². The SMILES string of the molecule is COc1cccc(CNC2CCCc3sccc32)n1. The Balaban J connectivity index is 1.67. The number of thiophene rings is 1. The van der Waals surface area contributed by atoms with Gasteiger partial charge < -0.3 is 10.1 Å². The largest absolute Gasteiger partial charge is 0.481 e. The third kappa shape index (κ3) is 2.80. The molecule has 0 bridgehead atoms. The van der Waals surface area contributed by atoms with Gasteiger partial charge in [0, 0.05) is 23.5 Å². The zero-order valence-corrected chi connectivity index (χ0v) is 11.9. The van der Waals surface area contributed by atoms with Crippen molar-refractivity contribution in [1.29, 1.82) is 0 Å². The minimum absolute atomic E-state index is 0.475. The number of hydrogen-bond acceptors (Lipinski definition) is 4. The Morgan fingerprint density at radius 3 is 3.26 bits per heavy atom. The summed E-state index contributed by atoms with van der Waals surface area (Å²) in [7, 11) is 1.65. The van der Waals surface area contributed by atoms with Crippen molar-refractivity contribution >= 4 is 11.3 Å². The number of ether oxygens (including phenoxy) is 1. The maximum Gasteiger partial charge on any atom is 0.213 e. The average molecular weight is 274 g/mol. The fraction of sp³-hybridized carbons (Fsp3) is 0.400. The first-order valence-corrected chi connectivity index (χ1v) is 7.54. The second kappa shape index (κ2) is 5.72. The normalized spacial score (nSPS) is 18.1. The van der Waals surface area contributed by atoms with E-state index in [9.17, 15) is 0 Å². The second-order valence-electron chi connectivity index (χ2n) is 4.80. The van der Waals surface area contributed by atoms with Gasteiger partial charge in [0.15, 0.2) is 0 Å². The number of aromatic nitrogens is 1. The van der Waals surface area contributed by atoms with Crippen LogP contribution in [-0.2, 0) is 13.0 Å². The molecule has 2 aromatic heterocycles. The zero-order valence-electron chi connectivity index (χ0n) is 11.1. The van der Waals surface area contributed by atoms with Gasteiger partial charge in [-0.25, -0.2) is 4.98 Å². The molecule has 4 heteroatoms. The molecule has 1 unspecified atom stereocenters. The molecule has 100 valence electrons. The average Bonchev–Trinajstić information content (AvgIpc) is 2.94. The van der Waals surface area contributed by atoms with Gasteiger partial charge in [0.05, 0.1) is 12.8 Å². The summed E-state index contributed by atoms with van der Waals surface area (Å²) in [5, 5.41) is 5.82. The molecule has 0 saturated carbocycles. The van der Waals surface area contributed by atoms with E-state index < -0.39 is 0 Å². The number of hydrogen-bond donors (Lipinski definition) is 1. The number of nitrogens with zero attached hydrogens (tertiary/aromatic N) is 1. The van der Waals surface area contributed by atoms with Crippen LogP contribution in [0.25, 0.3) is 0 Å². The van der Waals surface area contributed by atoms with Crippen molar-refractivity contribution in [2.24, 2.45) is 0 Å². The highest BCUT2D eigenvalue weighted by Gasteiger charge is 2.20. The number of aryl methyl sites for hydroxylation is 1. The predicted molar refractivity (Wildman–Crippen MR) is 77.6 cm³/mol. The third-order valence-corrected chi connectivity index (χ3v) is 4.57. The van der Waals surface area contributed by atoms with E-state index in [1.54, 1.807) is 12.0 Å². The molecule has 19 heavy (non-hydrogen) atoms. The van der Waals surface area contributed by atoms with E-state index >= 15 is 0 Å². The number of methoxy groups -OCH3 is 1.